The smallest absolute Gasteiger partial charge is 0.269 e. The number of amides is 2. The topological polar surface area (TPSA) is 76.7 Å². The summed E-state index contributed by atoms with van der Waals surface area (Å²) < 4.78 is 11.2. The van der Waals surface area contributed by atoms with Crippen molar-refractivity contribution >= 4 is 23.4 Å². The highest BCUT2D eigenvalue weighted by atomic mass is 35.5. The summed E-state index contributed by atoms with van der Waals surface area (Å²) >= 11 is 5.78. The van der Waals surface area contributed by atoms with Crippen molar-refractivity contribution in [3.8, 4) is 5.75 Å². The second-order valence-electron chi connectivity index (χ2n) is 5.89. The molecule has 2 amide bonds. The molecule has 2 aromatic carbocycles. The first kappa shape index (κ1) is 18.2. The molecule has 1 unspecified atom stereocenters. The minimum atomic E-state index is -0.425. The zero-order chi connectivity index (χ0) is 18.4. The third-order valence-electron chi connectivity index (χ3n) is 3.97. The Bertz CT molecular complexity index is 756. The van der Waals surface area contributed by atoms with Crippen LogP contribution >= 0.6 is 11.6 Å². The molecule has 1 heterocycles. The third-order valence-corrected chi connectivity index (χ3v) is 4.22. The first-order valence-electron chi connectivity index (χ1n) is 8.32. The van der Waals surface area contributed by atoms with Crippen LogP contribution in [0.4, 0.5) is 0 Å². The fraction of sp³-hybridized carbons (Fsp3) is 0.263. The molecule has 26 heavy (non-hydrogen) atoms. The van der Waals surface area contributed by atoms with E-state index in [9.17, 15) is 9.59 Å². The molecule has 2 N–H and O–H groups in total. The highest BCUT2D eigenvalue weighted by molar-refractivity contribution is 6.30. The average Bonchev–Trinajstić information content (AvgIpc) is 3.19. The van der Waals surface area contributed by atoms with E-state index in [1.165, 1.54) is 0 Å². The first-order chi connectivity index (χ1) is 12.6. The molecule has 0 aromatic heterocycles. The highest BCUT2D eigenvalue weighted by Crippen LogP contribution is 2.16. The van der Waals surface area contributed by atoms with Gasteiger partial charge in [0.1, 0.15) is 12.4 Å². The Morgan fingerprint density at radius 3 is 2.12 bits per heavy atom. The minimum Gasteiger partial charge on any atom is -0.491 e. The van der Waals surface area contributed by atoms with Gasteiger partial charge in [-0.3, -0.25) is 20.4 Å². The summed E-state index contributed by atoms with van der Waals surface area (Å²) in [7, 11) is 0. The van der Waals surface area contributed by atoms with Gasteiger partial charge in [0.05, 0.1) is 6.10 Å². The van der Waals surface area contributed by atoms with Crippen molar-refractivity contribution in [2.24, 2.45) is 0 Å². The molecular formula is C19H19ClN2O4. The van der Waals surface area contributed by atoms with Crippen LogP contribution in [0.25, 0.3) is 0 Å². The van der Waals surface area contributed by atoms with Crippen LogP contribution in [0.1, 0.15) is 33.6 Å². The molecule has 6 nitrogen and oxygen atoms in total. The van der Waals surface area contributed by atoms with Gasteiger partial charge in [0.25, 0.3) is 11.8 Å². The molecule has 0 radical (unpaired) electrons. The number of nitrogens with one attached hydrogen (secondary N) is 2. The lowest BCUT2D eigenvalue weighted by Crippen LogP contribution is -2.41. The number of carbonyl (C=O) groups is 2. The average molecular weight is 375 g/mol. The van der Waals surface area contributed by atoms with E-state index in [2.05, 4.69) is 10.9 Å². The number of ether oxygens (including phenoxy) is 2. The molecule has 0 bridgehead atoms. The van der Waals surface area contributed by atoms with Crippen LogP contribution in [0.3, 0.4) is 0 Å². The maximum absolute atomic E-state index is 12.1. The highest BCUT2D eigenvalue weighted by Gasteiger charge is 2.16. The Balaban J connectivity index is 1.48. The Morgan fingerprint density at radius 2 is 1.58 bits per heavy atom. The summed E-state index contributed by atoms with van der Waals surface area (Å²) in [5, 5.41) is 0.535. The second-order valence-corrected chi connectivity index (χ2v) is 6.32. The lowest BCUT2D eigenvalue weighted by atomic mass is 10.2. The Hall–Kier alpha value is -2.57. The van der Waals surface area contributed by atoms with Crippen LogP contribution in [-0.4, -0.2) is 31.1 Å². The van der Waals surface area contributed by atoms with E-state index in [1.54, 1.807) is 48.5 Å². The van der Waals surface area contributed by atoms with Gasteiger partial charge in [-0.2, -0.15) is 0 Å². The molecule has 1 fully saturated rings. The molecule has 7 heteroatoms. The van der Waals surface area contributed by atoms with Crippen molar-refractivity contribution in [1.29, 1.82) is 0 Å². The second kappa shape index (κ2) is 8.69. The van der Waals surface area contributed by atoms with E-state index in [1.807, 2.05) is 0 Å². The van der Waals surface area contributed by atoms with E-state index in [-0.39, 0.29) is 6.10 Å². The van der Waals surface area contributed by atoms with Gasteiger partial charge >= 0.3 is 0 Å². The van der Waals surface area contributed by atoms with E-state index < -0.39 is 11.8 Å². The van der Waals surface area contributed by atoms with E-state index in [0.717, 1.165) is 19.4 Å². The minimum absolute atomic E-state index is 0.140. The van der Waals surface area contributed by atoms with Gasteiger partial charge in [0.2, 0.25) is 0 Å². The molecule has 3 rings (SSSR count). The number of benzene rings is 2. The van der Waals surface area contributed by atoms with Crippen LogP contribution in [0.5, 0.6) is 5.75 Å². The Labute approximate surface area is 156 Å². The fourth-order valence-electron chi connectivity index (χ4n) is 2.53. The molecule has 2 aromatic rings. The first-order valence-corrected chi connectivity index (χ1v) is 8.70. The summed E-state index contributed by atoms with van der Waals surface area (Å²) in [6.45, 7) is 1.29. The zero-order valence-electron chi connectivity index (χ0n) is 14.0. The molecule has 1 aliphatic heterocycles. The van der Waals surface area contributed by atoms with Gasteiger partial charge in [-0.05, 0) is 61.4 Å². The molecule has 136 valence electrons. The van der Waals surface area contributed by atoms with Crippen molar-refractivity contribution in [3.05, 3.63) is 64.7 Å². The summed E-state index contributed by atoms with van der Waals surface area (Å²) in [6.07, 6.45) is 2.21. The van der Waals surface area contributed by atoms with Crippen LogP contribution in [0.15, 0.2) is 48.5 Å². The number of carbonyl (C=O) groups excluding carboxylic acids is 2. The molecular weight excluding hydrogens is 356 g/mol. The van der Waals surface area contributed by atoms with Crippen LogP contribution in [-0.2, 0) is 4.74 Å². The Kier molecular flexibility index (Phi) is 6.09. The van der Waals surface area contributed by atoms with Crippen LogP contribution in [0.2, 0.25) is 5.02 Å². The molecule has 0 saturated carbocycles. The maximum atomic E-state index is 12.1. The maximum Gasteiger partial charge on any atom is 0.269 e. The van der Waals surface area contributed by atoms with Crippen molar-refractivity contribution in [2.45, 2.75) is 18.9 Å². The largest absolute Gasteiger partial charge is 0.491 e. The van der Waals surface area contributed by atoms with Crippen molar-refractivity contribution in [2.75, 3.05) is 13.2 Å². The monoisotopic (exact) mass is 374 g/mol. The summed E-state index contributed by atoms with van der Waals surface area (Å²) in [6, 6.07) is 13.0. The molecule has 1 atom stereocenters. The predicted octanol–water partition coefficient (Wildman–Crippen LogP) is 2.97. The van der Waals surface area contributed by atoms with E-state index in [4.69, 9.17) is 21.1 Å². The molecule has 1 saturated heterocycles. The molecule has 0 aliphatic carbocycles. The quantitative estimate of drug-likeness (QED) is 0.789. The lowest BCUT2D eigenvalue weighted by molar-refractivity contribution is 0.0679. The van der Waals surface area contributed by atoms with Gasteiger partial charge < -0.3 is 9.47 Å². The number of rotatable bonds is 5. The van der Waals surface area contributed by atoms with Crippen LogP contribution < -0.4 is 15.6 Å². The van der Waals surface area contributed by atoms with Gasteiger partial charge in [-0.1, -0.05) is 11.6 Å². The normalized spacial score (nSPS) is 16.1. The standard InChI is InChI=1S/C19H19ClN2O4/c20-15-7-3-13(4-8-15)18(23)21-22-19(24)14-5-9-16(10-6-14)26-12-17-2-1-11-25-17/h3-10,17H,1-2,11-12H2,(H,21,23)(H,22,24). The SMILES string of the molecule is O=C(NNC(=O)c1ccc(OCC2CCCO2)cc1)c1ccc(Cl)cc1. The van der Waals surface area contributed by atoms with Gasteiger partial charge in [0.15, 0.2) is 0 Å². The van der Waals surface area contributed by atoms with Crippen molar-refractivity contribution in [1.82, 2.24) is 10.9 Å². The predicted molar refractivity (Wildman–Crippen MR) is 97.3 cm³/mol. The number of hydrogen-bond acceptors (Lipinski definition) is 4. The Morgan fingerprint density at radius 1 is 1.00 bits per heavy atom. The number of hydrogen-bond donors (Lipinski definition) is 2. The number of halogens is 1. The summed E-state index contributed by atoms with van der Waals surface area (Å²) in [5.41, 5.74) is 5.54. The molecule has 0 spiro atoms. The van der Waals surface area contributed by atoms with Gasteiger partial charge in [-0.15, -0.1) is 0 Å². The summed E-state index contributed by atoms with van der Waals surface area (Å²) in [4.78, 5) is 24.1. The van der Waals surface area contributed by atoms with Gasteiger partial charge in [0, 0.05) is 22.8 Å². The lowest BCUT2D eigenvalue weighted by Gasteiger charge is -2.12. The third kappa shape index (κ3) is 4.97. The summed E-state index contributed by atoms with van der Waals surface area (Å²) in [5.74, 6) is -0.174. The molecule has 1 aliphatic rings. The van der Waals surface area contributed by atoms with Crippen LogP contribution in [0, 0.1) is 0 Å². The zero-order valence-corrected chi connectivity index (χ0v) is 14.8. The van der Waals surface area contributed by atoms with E-state index in [0.29, 0.717) is 28.5 Å². The van der Waals surface area contributed by atoms with E-state index >= 15 is 0 Å². The van der Waals surface area contributed by atoms with Crippen molar-refractivity contribution in [3.63, 3.8) is 0 Å². The van der Waals surface area contributed by atoms with Gasteiger partial charge in [-0.25, -0.2) is 0 Å². The fourth-order valence-corrected chi connectivity index (χ4v) is 2.65. The van der Waals surface area contributed by atoms with Crippen molar-refractivity contribution < 1.29 is 19.1 Å². The number of hydrazine groups is 1.